The molecule has 5 nitrogen and oxygen atoms in total. The first-order chi connectivity index (χ1) is 15.6. The Morgan fingerprint density at radius 2 is 1.50 bits per heavy atom. The molecular weight excluding hydrogens is 400 g/mol. The van der Waals surface area contributed by atoms with Crippen LogP contribution in [-0.2, 0) is 4.79 Å². The molecule has 1 amide bonds. The number of carbonyl (C=O) groups is 2. The van der Waals surface area contributed by atoms with Gasteiger partial charge in [-0.15, -0.1) is 0 Å². The number of amides is 1. The Kier molecular flexibility index (Phi) is 11.8. The molecule has 0 aromatic heterocycles. The molecule has 0 saturated heterocycles. The fraction of sp³-hybridized carbons (Fsp3) is 0.444. The highest BCUT2D eigenvalue weighted by Gasteiger charge is 2.10. The zero-order chi connectivity index (χ0) is 23.0. The van der Waals surface area contributed by atoms with Crippen LogP contribution < -0.4 is 10.2 Å². The third-order valence-corrected chi connectivity index (χ3v) is 5.37. The van der Waals surface area contributed by atoms with Gasteiger partial charge in [-0.05, 0) is 54.8 Å². The lowest BCUT2D eigenvalue weighted by atomic mass is 10.1. The van der Waals surface area contributed by atoms with Crippen LogP contribution in [0.5, 0.6) is 5.75 Å². The van der Waals surface area contributed by atoms with Gasteiger partial charge in [-0.25, -0.2) is 10.2 Å². The average molecular weight is 437 g/mol. The highest BCUT2D eigenvalue weighted by atomic mass is 16.5. The third-order valence-electron chi connectivity index (χ3n) is 5.37. The molecule has 172 valence electrons. The normalized spacial score (nSPS) is 10.9. The number of hydrogen-bond acceptors (Lipinski definition) is 4. The fourth-order valence-corrected chi connectivity index (χ4v) is 3.42. The van der Waals surface area contributed by atoms with Gasteiger partial charge in [0, 0.05) is 6.42 Å². The van der Waals surface area contributed by atoms with Gasteiger partial charge in [0.05, 0.1) is 11.8 Å². The standard InChI is InChI=1S/C27H36N2O3/c1-3-4-5-6-7-8-9-10-11-16-26(30)29-28-21-23-17-19-24(20-18-23)32-27(31)25-15-13-12-14-22(25)2/h12-15,17-21H,3-11,16H2,1-2H3,(H,29,30)/b28-21-. The van der Waals surface area contributed by atoms with Crippen LogP contribution in [0.15, 0.2) is 53.6 Å². The van der Waals surface area contributed by atoms with E-state index in [2.05, 4.69) is 17.5 Å². The predicted molar refractivity (Wildman–Crippen MR) is 130 cm³/mol. The highest BCUT2D eigenvalue weighted by Crippen LogP contribution is 2.15. The summed E-state index contributed by atoms with van der Waals surface area (Å²) < 4.78 is 5.42. The zero-order valence-corrected chi connectivity index (χ0v) is 19.4. The molecule has 5 heteroatoms. The van der Waals surface area contributed by atoms with Crippen LogP contribution in [0.3, 0.4) is 0 Å². The summed E-state index contributed by atoms with van der Waals surface area (Å²) in [5.74, 6) is 0.0195. The lowest BCUT2D eigenvalue weighted by Gasteiger charge is -2.06. The molecule has 0 radical (unpaired) electrons. The van der Waals surface area contributed by atoms with Crippen LogP contribution in [0, 0.1) is 6.92 Å². The molecule has 0 saturated carbocycles. The summed E-state index contributed by atoms with van der Waals surface area (Å²) >= 11 is 0. The van der Waals surface area contributed by atoms with Gasteiger partial charge < -0.3 is 4.74 Å². The largest absolute Gasteiger partial charge is 0.423 e. The van der Waals surface area contributed by atoms with Crippen molar-refractivity contribution in [2.24, 2.45) is 5.10 Å². The van der Waals surface area contributed by atoms with E-state index in [-0.39, 0.29) is 11.9 Å². The number of aryl methyl sites for hydroxylation is 1. The van der Waals surface area contributed by atoms with E-state index in [1.807, 2.05) is 25.1 Å². The summed E-state index contributed by atoms with van der Waals surface area (Å²) in [7, 11) is 0. The first-order valence-corrected chi connectivity index (χ1v) is 11.8. The van der Waals surface area contributed by atoms with Crippen LogP contribution in [-0.4, -0.2) is 18.1 Å². The second-order valence-corrected chi connectivity index (χ2v) is 8.15. The maximum Gasteiger partial charge on any atom is 0.343 e. The number of unbranched alkanes of at least 4 members (excludes halogenated alkanes) is 8. The molecule has 0 aliphatic heterocycles. The molecule has 0 atom stereocenters. The molecule has 0 aliphatic rings. The van der Waals surface area contributed by atoms with E-state index in [0.717, 1.165) is 24.0 Å². The Morgan fingerprint density at radius 3 is 2.16 bits per heavy atom. The number of hydrogen-bond donors (Lipinski definition) is 1. The molecule has 0 aliphatic carbocycles. The SMILES string of the molecule is CCCCCCCCCCCC(=O)N/N=C\c1ccc(OC(=O)c2ccccc2C)cc1. The maximum atomic E-state index is 12.3. The number of nitrogens with one attached hydrogen (secondary N) is 1. The van der Waals surface area contributed by atoms with Gasteiger partial charge in [0.1, 0.15) is 5.75 Å². The highest BCUT2D eigenvalue weighted by molar-refractivity contribution is 5.92. The fourth-order valence-electron chi connectivity index (χ4n) is 3.42. The number of benzene rings is 2. The van der Waals surface area contributed by atoms with Crippen molar-refractivity contribution in [2.45, 2.75) is 78.1 Å². The minimum atomic E-state index is -0.381. The Hall–Kier alpha value is -2.95. The van der Waals surface area contributed by atoms with E-state index in [4.69, 9.17) is 4.74 Å². The lowest BCUT2D eigenvalue weighted by Crippen LogP contribution is -2.16. The number of rotatable bonds is 14. The summed E-state index contributed by atoms with van der Waals surface area (Å²) in [5.41, 5.74) is 4.81. The van der Waals surface area contributed by atoms with Gasteiger partial charge in [-0.3, -0.25) is 4.79 Å². The molecule has 32 heavy (non-hydrogen) atoms. The predicted octanol–water partition coefficient (Wildman–Crippen LogP) is 6.59. The number of nitrogens with zero attached hydrogens (tertiary/aromatic N) is 1. The number of carbonyl (C=O) groups excluding carboxylic acids is 2. The van der Waals surface area contributed by atoms with E-state index < -0.39 is 0 Å². The smallest absolute Gasteiger partial charge is 0.343 e. The number of ether oxygens (including phenoxy) is 1. The molecule has 1 N–H and O–H groups in total. The van der Waals surface area contributed by atoms with Crippen LogP contribution in [0.4, 0.5) is 0 Å². The minimum Gasteiger partial charge on any atom is -0.423 e. The molecule has 0 spiro atoms. The minimum absolute atomic E-state index is 0.0621. The third kappa shape index (κ3) is 9.90. The molecule has 0 unspecified atom stereocenters. The van der Waals surface area contributed by atoms with E-state index in [1.165, 1.54) is 44.9 Å². The van der Waals surface area contributed by atoms with Crippen molar-refractivity contribution in [3.05, 3.63) is 65.2 Å². The average Bonchev–Trinajstić information content (AvgIpc) is 2.79. The van der Waals surface area contributed by atoms with Crippen molar-refractivity contribution in [1.29, 1.82) is 0 Å². The first kappa shape index (κ1) is 25.3. The zero-order valence-electron chi connectivity index (χ0n) is 19.4. The van der Waals surface area contributed by atoms with Crippen LogP contribution in [0.1, 0.15) is 92.6 Å². The van der Waals surface area contributed by atoms with Gasteiger partial charge >= 0.3 is 5.97 Å². The van der Waals surface area contributed by atoms with Crippen molar-refractivity contribution >= 4 is 18.1 Å². The summed E-state index contributed by atoms with van der Waals surface area (Å²) in [4.78, 5) is 24.2. The summed E-state index contributed by atoms with van der Waals surface area (Å²) in [5, 5.41) is 4.02. The summed E-state index contributed by atoms with van der Waals surface area (Å²) in [6.07, 6.45) is 13.1. The second kappa shape index (κ2) is 15.0. The summed E-state index contributed by atoms with van der Waals surface area (Å²) in [6, 6.07) is 14.3. The van der Waals surface area contributed by atoms with E-state index in [1.54, 1.807) is 36.5 Å². The van der Waals surface area contributed by atoms with Crippen molar-refractivity contribution in [3.8, 4) is 5.75 Å². The monoisotopic (exact) mass is 436 g/mol. The van der Waals surface area contributed by atoms with Crippen molar-refractivity contribution in [1.82, 2.24) is 5.43 Å². The molecule has 0 fully saturated rings. The Bertz CT molecular complexity index is 859. The topological polar surface area (TPSA) is 67.8 Å². The molecular formula is C27H36N2O3. The Morgan fingerprint density at radius 1 is 0.875 bits per heavy atom. The van der Waals surface area contributed by atoms with E-state index in [9.17, 15) is 9.59 Å². The van der Waals surface area contributed by atoms with Crippen LogP contribution in [0.25, 0.3) is 0 Å². The second-order valence-electron chi connectivity index (χ2n) is 8.15. The van der Waals surface area contributed by atoms with Gasteiger partial charge in [-0.2, -0.15) is 5.10 Å². The molecule has 2 aromatic rings. The quantitative estimate of drug-likeness (QED) is 0.119. The first-order valence-electron chi connectivity index (χ1n) is 11.8. The molecule has 2 rings (SSSR count). The number of hydrazone groups is 1. The maximum absolute atomic E-state index is 12.3. The van der Waals surface area contributed by atoms with Gasteiger partial charge in [0.2, 0.25) is 5.91 Å². The molecule has 0 heterocycles. The van der Waals surface area contributed by atoms with E-state index >= 15 is 0 Å². The van der Waals surface area contributed by atoms with Crippen LogP contribution in [0.2, 0.25) is 0 Å². The molecule has 2 aromatic carbocycles. The van der Waals surface area contributed by atoms with Crippen molar-refractivity contribution < 1.29 is 14.3 Å². The Balaban J connectivity index is 1.63. The Labute approximate surface area is 192 Å². The van der Waals surface area contributed by atoms with Gasteiger partial charge in [0.15, 0.2) is 0 Å². The molecule has 0 bridgehead atoms. The van der Waals surface area contributed by atoms with Crippen molar-refractivity contribution in [2.75, 3.05) is 0 Å². The number of esters is 1. The van der Waals surface area contributed by atoms with E-state index in [0.29, 0.717) is 17.7 Å². The van der Waals surface area contributed by atoms with Crippen molar-refractivity contribution in [3.63, 3.8) is 0 Å². The van der Waals surface area contributed by atoms with Gasteiger partial charge in [-0.1, -0.05) is 76.5 Å². The summed E-state index contributed by atoms with van der Waals surface area (Å²) in [6.45, 7) is 4.11. The van der Waals surface area contributed by atoms with Crippen LogP contribution >= 0.6 is 0 Å². The lowest BCUT2D eigenvalue weighted by molar-refractivity contribution is -0.121. The van der Waals surface area contributed by atoms with Gasteiger partial charge in [0.25, 0.3) is 0 Å².